The van der Waals surface area contributed by atoms with Crippen molar-refractivity contribution in [3.63, 3.8) is 0 Å². The van der Waals surface area contributed by atoms with E-state index < -0.39 is 5.92 Å². The van der Waals surface area contributed by atoms with Crippen molar-refractivity contribution in [1.82, 2.24) is 0 Å². The van der Waals surface area contributed by atoms with Gasteiger partial charge in [-0.15, -0.1) is 0 Å². The minimum Gasteiger partial charge on any atom is -0.384 e. The van der Waals surface area contributed by atoms with Gasteiger partial charge in [-0.25, -0.2) is 0 Å². The maximum atomic E-state index is 10.8. The predicted octanol–water partition coefficient (Wildman–Crippen LogP) is 3.01. The summed E-state index contributed by atoms with van der Waals surface area (Å²) >= 11 is 3.42. The van der Waals surface area contributed by atoms with E-state index in [9.17, 15) is 4.79 Å². The Labute approximate surface area is 121 Å². The van der Waals surface area contributed by atoms with Gasteiger partial charge in [-0.1, -0.05) is 22.9 Å². The van der Waals surface area contributed by atoms with Gasteiger partial charge in [-0.2, -0.15) is 5.26 Å². The number of allylic oxidation sites excluding steroid dienone is 1. The number of nitrogens with two attached hydrogens (primary N) is 1. The van der Waals surface area contributed by atoms with E-state index in [1.165, 1.54) is 0 Å². The summed E-state index contributed by atoms with van der Waals surface area (Å²) in [6.07, 6.45) is 0.703. The van der Waals surface area contributed by atoms with Crippen molar-refractivity contribution in [3.8, 4) is 6.07 Å². The molecule has 1 unspecified atom stereocenters. The molecule has 4 nitrogen and oxygen atoms in total. The smallest absolute Gasteiger partial charge is 0.128 e. The van der Waals surface area contributed by atoms with Crippen LogP contribution < -0.4 is 11.1 Å². The van der Waals surface area contributed by atoms with E-state index in [4.69, 9.17) is 11.0 Å². The van der Waals surface area contributed by atoms with Gasteiger partial charge in [0.1, 0.15) is 12.1 Å². The Morgan fingerprint density at radius 3 is 2.42 bits per heavy atom. The van der Waals surface area contributed by atoms with E-state index in [0.29, 0.717) is 6.29 Å². The van der Waals surface area contributed by atoms with Gasteiger partial charge in [0.15, 0.2) is 0 Å². The third-order valence-corrected chi connectivity index (χ3v) is 3.29. The van der Waals surface area contributed by atoms with Gasteiger partial charge in [0.25, 0.3) is 0 Å². The van der Waals surface area contributed by atoms with Crippen molar-refractivity contribution in [3.05, 3.63) is 39.1 Å². The van der Waals surface area contributed by atoms with Gasteiger partial charge in [0.05, 0.1) is 17.6 Å². The Morgan fingerprint density at radius 1 is 1.47 bits per heavy atom. The van der Waals surface area contributed by atoms with Crippen LogP contribution in [-0.2, 0) is 4.79 Å². The fraction of sp³-hybridized carbons (Fsp3) is 0.286. The zero-order chi connectivity index (χ0) is 14.6. The number of carbonyl (C=O) groups is 1. The van der Waals surface area contributed by atoms with Crippen molar-refractivity contribution in [2.45, 2.75) is 20.8 Å². The van der Waals surface area contributed by atoms with Crippen LogP contribution in [-0.4, -0.2) is 6.29 Å². The lowest BCUT2D eigenvalue weighted by Crippen LogP contribution is -2.17. The molecule has 0 saturated carbocycles. The first kappa shape index (κ1) is 15.3. The Morgan fingerprint density at radius 2 is 2.00 bits per heavy atom. The highest BCUT2D eigenvalue weighted by molar-refractivity contribution is 9.10. The Hall–Kier alpha value is -1.80. The second-order valence-electron chi connectivity index (χ2n) is 4.40. The molecular formula is C14H16BrN3O. The average Bonchev–Trinajstić information content (AvgIpc) is 2.34. The average molecular weight is 322 g/mol. The molecule has 0 saturated heterocycles. The summed E-state index contributed by atoms with van der Waals surface area (Å²) in [5, 5.41) is 12.1. The molecular weight excluding hydrogens is 306 g/mol. The number of halogens is 1. The van der Waals surface area contributed by atoms with Gasteiger partial charge in [0, 0.05) is 10.2 Å². The molecule has 19 heavy (non-hydrogen) atoms. The summed E-state index contributed by atoms with van der Waals surface area (Å²) in [4.78, 5) is 10.8. The summed E-state index contributed by atoms with van der Waals surface area (Å²) in [7, 11) is 0. The number of anilines is 1. The van der Waals surface area contributed by atoms with Crippen LogP contribution in [0.4, 0.5) is 5.69 Å². The van der Waals surface area contributed by atoms with Gasteiger partial charge in [0.2, 0.25) is 0 Å². The molecule has 1 atom stereocenters. The number of hydrogen-bond donors (Lipinski definition) is 2. The monoisotopic (exact) mass is 321 g/mol. The Kier molecular flexibility index (Phi) is 5.13. The van der Waals surface area contributed by atoms with E-state index >= 15 is 0 Å². The highest BCUT2D eigenvalue weighted by atomic mass is 79.9. The number of nitrogens with one attached hydrogen (secondary N) is 1. The lowest BCUT2D eigenvalue weighted by Gasteiger charge is -2.15. The van der Waals surface area contributed by atoms with Crippen molar-refractivity contribution in [2.24, 2.45) is 11.7 Å². The maximum absolute atomic E-state index is 10.8. The molecule has 0 aliphatic heterocycles. The topological polar surface area (TPSA) is 78.9 Å². The molecule has 0 radical (unpaired) electrons. The fourth-order valence-electron chi connectivity index (χ4n) is 1.79. The quantitative estimate of drug-likeness (QED) is 0.660. The first-order chi connectivity index (χ1) is 8.90. The Bertz CT molecular complexity index is 550. The summed E-state index contributed by atoms with van der Waals surface area (Å²) in [6.45, 7) is 5.53. The van der Waals surface area contributed by atoms with E-state index in [2.05, 4.69) is 21.2 Å². The molecule has 0 heterocycles. The van der Waals surface area contributed by atoms with Crippen LogP contribution >= 0.6 is 15.9 Å². The van der Waals surface area contributed by atoms with Gasteiger partial charge >= 0.3 is 0 Å². The molecule has 5 heteroatoms. The van der Waals surface area contributed by atoms with Crippen molar-refractivity contribution in [1.29, 1.82) is 5.26 Å². The second kappa shape index (κ2) is 6.39. The number of hydrogen-bond acceptors (Lipinski definition) is 4. The van der Waals surface area contributed by atoms with E-state index in [1.807, 2.05) is 32.0 Å². The Balaban J connectivity index is 3.19. The molecule has 100 valence electrons. The van der Waals surface area contributed by atoms with Crippen molar-refractivity contribution >= 4 is 27.9 Å². The number of benzene rings is 1. The third kappa shape index (κ3) is 3.58. The predicted molar refractivity (Wildman–Crippen MR) is 79.3 cm³/mol. The number of nitriles is 1. The lowest BCUT2D eigenvalue weighted by atomic mass is 10.0. The number of aldehydes is 1. The minimum atomic E-state index is -0.520. The van der Waals surface area contributed by atoms with Crippen LogP contribution in [0.2, 0.25) is 0 Å². The number of aryl methyl sites for hydroxylation is 2. The zero-order valence-corrected chi connectivity index (χ0v) is 12.7. The molecule has 0 aliphatic rings. The molecule has 3 N–H and O–H groups in total. The molecule has 1 rings (SSSR count). The van der Waals surface area contributed by atoms with Gasteiger partial charge < -0.3 is 15.8 Å². The molecule has 0 amide bonds. The first-order valence-electron chi connectivity index (χ1n) is 5.79. The van der Waals surface area contributed by atoms with Crippen molar-refractivity contribution in [2.75, 3.05) is 5.32 Å². The first-order valence-corrected chi connectivity index (χ1v) is 6.58. The van der Waals surface area contributed by atoms with Gasteiger partial charge in [-0.05, 0) is 37.1 Å². The minimum absolute atomic E-state index is 0.218. The fourth-order valence-corrected chi connectivity index (χ4v) is 2.47. The highest BCUT2D eigenvalue weighted by Gasteiger charge is 2.13. The molecule has 0 aliphatic carbocycles. The summed E-state index contributed by atoms with van der Waals surface area (Å²) < 4.78 is 0.984. The van der Waals surface area contributed by atoms with Crippen LogP contribution in [0.5, 0.6) is 0 Å². The maximum Gasteiger partial charge on any atom is 0.128 e. The van der Waals surface area contributed by atoms with E-state index in [0.717, 1.165) is 21.3 Å². The highest BCUT2D eigenvalue weighted by Crippen LogP contribution is 2.26. The van der Waals surface area contributed by atoms with Crippen LogP contribution in [0, 0.1) is 31.1 Å². The standard InChI is InChI=1S/C14H16BrN3O/c1-8-4-11(15)5-9(2)13(8)18-14(17)12(6-16)10(3)7-19/h4-5,7,10,18H,17H2,1-3H3/b14-12-. The van der Waals surface area contributed by atoms with Crippen LogP contribution in [0.15, 0.2) is 28.0 Å². The molecule has 1 aromatic carbocycles. The zero-order valence-electron chi connectivity index (χ0n) is 11.1. The second-order valence-corrected chi connectivity index (χ2v) is 5.32. The van der Waals surface area contributed by atoms with Crippen LogP contribution in [0.3, 0.4) is 0 Å². The molecule has 0 spiro atoms. The molecule has 0 bridgehead atoms. The largest absolute Gasteiger partial charge is 0.384 e. The molecule has 0 fully saturated rings. The number of nitrogens with zero attached hydrogens (tertiary/aromatic N) is 1. The third-order valence-electron chi connectivity index (χ3n) is 2.83. The normalized spacial score (nSPS) is 13.2. The SMILES string of the molecule is Cc1cc(Br)cc(C)c1N/C(N)=C(/C#N)C(C)C=O. The van der Waals surface area contributed by atoms with Gasteiger partial charge in [-0.3, -0.25) is 0 Å². The molecule has 0 aromatic heterocycles. The number of rotatable bonds is 4. The number of carbonyl (C=O) groups excluding carboxylic acids is 1. The lowest BCUT2D eigenvalue weighted by molar-refractivity contribution is -0.109. The summed E-state index contributed by atoms with van der Waals surface area (Å²) in [5.41, 5.74) is 9.00. The molecule has 1 aromatic rings. The van der Waals surface area contributed by atoms with Crippen molar-refractivity contribution < 1.29 is 4.79 Å². The van der Waals surface area contributed by atoms with E-state index in [1.54, 1.807) is 6.92 Å². The van der Waals surface area contributed by atoms with E-state index in [-0.39, 0.29) is 11.4 Å². The summed E-state index contributed by atoms with van der Waals surface area (Å²) in [5.74, 6) is -0.302. The van der Waals surface area contributed by atoms with Crippen LogP contribution in [0.25, 0.3) is 0 Å². The summed E-state index contributed by atoms with van der Waals surface area (Å²) in [6, 6.07) is 5.89. The van der Waals surface area contributed by atoms with Crippen LogP contribution in [0.1, 0.15) is 18.1 Å².